The van der Waals surface area contributed by atoms with E-state index in [1.165, 1.54) is 10.5 Å². The lowest BCUT2D eigenvalue weighted by molar-refractivity contribution is -0.672. The number of aryl methyl sites for hydroxylation is 1. The van der Waals surface area contributed by atoms with Crippen LogP contribution in [0.4, 0.5) is 5.69 Å². The van der Waals surface area contributed by atoms with Gasteiger partial charge in [0.15, 0.2) is 12.7 Å². The van der Waals surface area contributed by atoms with Crippen molar-refractivity contribution < 1.29 is 14.8 Å². The van der Waals surface area contributed by atoms with Gasteiger partial charge in [-0.15, -0.1) is 6.61 Å². The maximum absolute atomic E-state index is 11.3. The number of aromatic nitrogens is 1. The van der Waals surface area contributed by atoms with Crippen molar-refractivity contribution in [3.8, 4) is 0 Å². The van der Waals surface area contributed by atoms with E-state index in [1.54, 1.807) is 11.8 Å². The van der Waals surface area contributed by atoms with Crippen LogP contribution in [0, 0.1) is 6.92 Å². The second-order valence-corrected chi connectivity index (χ2v) is 8.06. The van der Waals surface area contributed by atoms with Crippen molar-refractivity contribution in [1.82, 2.24) is 0 Å². The summed E-state index contributed by atoms with van der Waals surface area (Å²) < 4.78 is 2.06. The fourth-order valence-corrected chi connectivity index (χ4v) is 4.85. The van der Waals surface area contributed by atoms with Crippen molar-refractivity contribution in [2.75, 3.05) is 24.7 Å². The molecule has 0 unspecified atom stereocenters. The first-order chi connectivity index (χ1) is 14.2. The maximum atomic E-state index is 11.3. The van der Waals surface area contributed by atoms with Crippen molar-refractivity contribution >= 4 is 34.4 Å². The van der Waals surface area contributed by atoms with Crippen LogP contribution in [-0.4, -0.2) is 24.9 Å². The molecular weight excluding hydrogens is 380 g/mol. The molecule has 3 aromatic rings. The van der Waals surface area contributed by atoms with Crippen LogP contribution >= 0.6 is 11.8 Å². The van der Waals surface area contributed by atoms with Gasteiger partial charge in [0.2, 0.25) is 5.52 Å². The fourth-order valence-electron chi connectivity index (χ4n) is 3.65. The van der Waals surface area contributed by atoms with Crippen molar-refractivity contribution in [2.45, 2.75) is 18.4 Å². The van der Waals surface area contributed by atoms with Crippen LogP contribution in [0.3, 0.4) is 0 Å². The van der Waals surface area contributed by atoms with Gasteiger partial charge in [0.25, 0.3) is 0 Å². The van der Waals surface area contributed by atoms with Crippen LogP contribution in [0.1, 0.15) is 11.1 Å². The highest BCUT2D eigenvalue weighted by atomic mass is 32.2. The van der Waals surface area contributed by atoms with E-state index >= 15 is 0 Å². The Morgan fingerprint density at radius 3 is 2.86 bits per heavy atom. The van der Waals surface area contributed by atoms with E-state index in [4.69, 9.17) is 0 Å². The number of benzene rings is 2. The Morgan fingerprint density at radius 2 is 2.03 bits per heavy atom. The third kappa shape index (κ3) is 4.08. The average molecular weight is 405 g/mol. The number of rotatable bonds is 6. The van der Waals surface area contributed by atoms with Gasteiger partial charge in [-0.25, -0.2) is 0 Å². The summed E-state index contributed by atoms with van der Waals surface area (Å²) in [6.07, 6.45) is 8.25. The molecule has 0 bridgehead atoms. The lowest BCUT2D eigenvalue weighted by Gasteiger charge is -2.21. The first-order valence-corrected chi connectivity index (χ1v) is 10.6. The number of fused-ring (bicyclic) bond motifs is 2. The van der Waals surface area contributed by atoms with E-state index in [2.05, 4.69) is 71.0 Å². The van der Waals surface area contributed by atoms with Crippen LogP contribution in [0.25, 0.3) is 17.0 Å². The molecule has 1 N–H and O–H groups in total. The summed E-state index contributed by atoms with van der Waals surface area (Å²) in [6.45, 7) is 3.11. The quantitative estimate of drug-likeness (QED) is 0.641. The van der Waals surface area contributed by atoms with Gasteiger partial charge in [0.05, 0.1) is 16.1 Å². The molecule has 0 amide bonds. The van der Waals surface area contributed by atoms with Gasteiger partial charge >= 0.3 is 0 Å². The van der Waals surface area contributed by atoms with Gasteiger partial charge in [-0.2, -0.15) is 4.57 Å². The summed E-state index contributed by atoms with van der Waals surface area (Å²) in [5.74, 6) is 0. The second kappa shape index (κ2) is 8.82. The van der Waals surface area contributed by atoms with E-state index in [9.17, 15) is 10.2 Å². The Bertz CT molecular complexity index is 1090. The van der Waals surface area contributed by atoms with Crippen LogP contribution in [0.2, 0.25) is 0 Å². The number of hydrogen-bond donors (Lipinski definition) is 1. The molecule has 0 saturated carbocycles. The Labute approximate surface area is 175 Å². The number of nitrogens with zero attached hydrogens (tertiary/aromatic N) is 2. The average Bonchev–Trinajstić information content (AvgIpc) is 3.06. The number of pyridine rings is 1. The SMILES string of the molecule is Cc1ccc2c(c1)S/C(=C\C=C\c1cc[n+](CCO)c3ccccc13)N2CC[O-]. The first-order valence-electron chi connectivity index (χ1n) is 9.76. The molecule has 0 spiro atoms. The lowest BCUT2D eigenvalue weighted by Crippen LogP contribution is -2.36. The number of para-hydroxylation sites is 1. The van der Waals surface area contributed by atoms with Crippen molar-refractivity contribution in [3.63, 3.8) is 0 Å². The minimum Gasteiger partial charge on any atom is -0.853 e. The molecule has 29 heavy (non-hydrogen) atoms. The molecule has 5 heteroatoms. The van der Waals surface area contributed by atoms with Gasteiger partial charge < -0.3 is 15.1 Å². The van der Waals surface area contributed by atoms with Crippen LogP contribution in [-0.2, 0) is 6.54 Å². The number of hydrogen-bond acceptors (Lipinski definition) is 4. The van der Waals surface area contributed by atoms with Crippen LogP contribution in [0.15, 0.2) is 76.8 Å². The Balaban J connectivity index is 1.64. The van der Waals surface area contributed by atoms with Crippen molar-refractivity contribution in [1.29, 1.82) is 0 Å². The molecule has 2 aromatic carbocycles. The number of aliphatic hydroxyl groups excluding tert-OH is 1. The highest BCUT2D eigenvalue weighted by Gasteiger charge is 2.23. The zero-order valence-electron chi connectivity index (χ0n) is 16.4. The summed E-state index contributed by atoms with van der Waals surface area (Å²) >= 11 is 1.71. The molecule has 0 atom stereocenters. The Hall–Kier alpha value is -2.60. The Kier molecular flexibility index (Phi) is 6.00. The van der Waals surface area contributed by atoms with E-state index in [0.717, 1.165) is 27.2 Å². The second-order valence-electron chi connectivity index (χ2n) is 7.00. The topological polar surface area (TPSA) is 50.4 Å². The number of aliphatic hydroxyl groups is 1. The third-order valence-electron chi connectivity index (χ3n) is 5.02. The zero-order chi connectivity index (χ0) is 20.2. The molecule has 0 saturated heterocycles. The largest absolute Gasteiger partial charge is 0.853 e. The number of allylic oxidation sites excluding steroid dienone is 2. The molecule has 4 rings (SSSR count). The predicted molar refractivity (Wildman–Crippen MR) is 118 cm³/mol. The molecule has 0 fully saturated rings. The van der Waals surface area contributed by atoms with Crippen molar-refractivity contribution in [2.24, 2.45) is 0 Å². The smallest absolute Gasteiger partial charge is 0.213 e. The molecule has 2 heterocycles. The monoisotopic (exact) mass is 404 g/mol. The molecule has 148 valence electrons. The molecule has 1 aromatic heterocycles. The zero-order valence-corrected chi connectivity index (χ0v) is 17.2. The standard InChI is InChI=1S/C24H24N2O2S/c1-18-9-10-22-23(17-18)29-24(26(22)14-16-28)8-4-5-19-11-12-25(13-15-27)21-7-3-2-6-20(19)21/h2-12,17,27H,13-16H2,1H3. The van der Waals surface area contributed by atoms with Crippen LogP contribution < -0.4 is 14.6 Å². The fraction of sp³-hybridized carbons (Fsp3) is 0.208. The summed E-state index contributed by atoms with van der Waals surface area (Å²) in [5, 5.41) is 22.8. The normalized spacial score (nSPS) is 15.0. The number of thioether (sulfide) groups is 1. The molecule has 1 aliphatic heterocycles. The number of anilines is 1. The molecule has 4 nitrogen and oxygen atoms in total. The first kappa shape index (κ1) is 19.7. The Morgan fingerprint density at radius 1 is 1.17 bits per heavy atom. The maximum Gasteiger partial charge on any atom is 0.213 e. The molecule has 0 radical (unpaired) electrons. The van der Waals surface area contributed by atoms with E-state index in [-0.39, 0.29) is 13.2 Å². The molecule has 1 aliphatic rings. The van der Waals surface area contributed by atoms with Gasteiger partial charge in [-0.1, -0.05) is 42.1 Å². The van der Waals surface area contributed by atoms with E-state index in [1.807, 2.05) is 18.3 Å². The summed E-state index contributed by atoms with van der Waals surface area (Å²) in [7, 11) is 0. The van der Waals surface area contributed by atoms with Crippen molar-refractivity contribution in [3.05, 3.63) is 83.0 Å². The molecular formula is C24H24N2O2S. The van der Waals surface area contributed by atoms with Gasteiger partial charge in [0.1, 0.15) is 6.61 Å². The minimum absolute atomic E-state index is 0.114. The third-order valence-corrected chi connectivity index (χ3v) is 6.13. The summed E-state index contributed by atoms with van der Waals surface area (Å²) in [5.41, 5.74) is 4.56. The van der Waals surface area contributed by atoms with Gasteiger partial charge in [0, 0.05) is 23.6 Å². The van der Waals surface area contributed by atoms with E-state index < -0.39 is 0 Å². The van der Waals surface area contributed by atoms with Crippen LogP contribution in [0.5, 0.6) is 0 Å². The highest BCUT2D eigenvalue weighted by molar-refractivity contribution is 8.03. The summed E-state index contributed by atoms with van der Waals surface area (Å²) in [6, 6.07) is 16.7. The summed E-state index contributed by atoms with van der Waals surface area (Å²) in [4.78, 5) is 3.31. The molecule has 0 aliphatic carbocycles. The minimum atomic E-state index is -0.136. The van der Waals surface area contributed by atoms with E-state index in [0.29, 0.717) is 13.1 Å². The highest BCUT2D eigenvalue weighted by Crippen LogP contribution is 2.46. The lowest BCUT2D eigenvalue weighted by atomic mass is 10.1. The van der Waals surface area contributed by atoms with Gasteiger partial charge in [-0.05, 0) is 42.3 Å². The van der Waals surface area contributed by atoms with Gasteiger partial charge in [-0.3, -0.25) is 0 Å². The predicted octanol–water partition coefficient (Wildman–Crippen LogP) is 3.26.